The van der Waals surface area contributed by atoms with Crippen LogP contribution in [0.3, 0.4) is 0 Å². The van der Waals surface area contributed by atoms with Crippen LogP contribution in [-0.2, 0) is 4.79 Å². The summed E-state index contributed by atoms with van der Waals surface area (Å²) < 4.78 is 13.2. The first-order valence-electron chi connectivity index (χ1n) is 5.13. The monoisotopic (exact) mass is 234 g/mol. The van der Waals surface area contributed by atoms with Crippen molar-refractivity contribution in [3.05, 3.63) is 48.0 Å². The van der Waals surface area contributed by atoms with Crippen molar-refractivity contribution in [2.24, 2.45) is 0 Å². The minimum absolute atomic E-state index is 0.263. The number of carboxylic acid groups (broad SMARTS) is 1. The number of benzene rings is 2. The van der Waals surface area contributed by atoms with Crippen LogP contribution in [0.4, 0.5) is 4.39 Å². The molecule has 0 aliphatic carbocycles. The van der Waals surface area contributed by atoms with Crippen molar-refractivity contribution in [3.63, 3.8) is 0 Å². The highest BCUT2D eigenvalue weighted by Gasteiger charge is 2.27. The summed E-state index contributed by atoms with van der Waals surface area (Å²) in [5.74, 6) is -1.66. The number of fused-ring (bicyclic) bond motifs is 1. The molecule has 0 amide bonds. The number of halogens is 1. The van der Waals surface area contributed by atoms with E-state index in [9.17, 15) is 14.3 Å². The van der Waals surface area contributed by atoms with E-state index in [0.29, 0.717) is 0 Å². The number of carboxylic acids is 1. The Balaban J connectivity index is 2.39. The van der Waals surface area contributed by atoms with E-state index in [1.54, 1.807) is 12.1 Å². The molecule has 0 spiro atoms. The lowest BCUT2D eigenvalue weighted by Crippen LogP contribution is -2.23. The van der Waals surface area contributed by atoms with E-state index in [-0.39, 0.29) is 5.56 Å². The van der Waals surface area contributed by atoms with Crippen LogP contribution in [0.5, 0.6) is 0 Å². The van der Waals surface area contributed by atoms with Crippen molar-refractivity contribution >= 4 is 16.7 Å². The fourth-order valence-corrected chi connectivity index (χ4v) is 1.70. The lowest BCUT2D eigenvalue weighted by atomic mass is 10.0. The zero-order chi connectivity index (χ0) is 12.4. The molecule has 2 N–H and O–H groups in total. The summed E-state index contributed by atoms with van der Waals surface area (Å²) in [6, 6.07) is 12.2. The number of carbonyl (C=O) groups is 1. The van der Waals surface area contributed by atoms with Crippen LogP contribution < -0.4 is 0 Å². The molecule has 0 heterocycles. The quantitative estimate of drug-likeness (QED) is 0.856. The number of alkyl halides is 1. The SMILES string of the molecule is O=C(O)C(F)C(O)c1ccc2ccccc2c1. The highest BCUT2D eigenvalue weighted by Crippen LogP contribution is 2.23. The Hall–Kier alpha value is -1.94. The average molecular weight is 234 g/mol. The summed E-state index contributed by atoms with van der Waals surface area (Å²) in [7, 11) is 0. The van der Waals surface area contributed by atoms with Gasteiger partial charge in [-0.25, -0.2) is 9.18 Å². The molecule has 2 aromatic carbocycles. The lowest BCUT2D eigenvalue weighted by Gasteiger charge is -2.13. The molecule has 0 aliphatic rings. The highest BCUT2D eigenvalue weighted by atomic mass is 19.1. The fraction of sp³-hybridized carbons (Fsp3) is 0.154. The second-order valence-electron chi connectivity index (χ2n) is 3.79. The van der Waals surface area contributed by atoms with Crippen molar-refractivity contribution in [2.45, 2.75) is 12.3 Å². The molecule has 0 fully saturated rings. The number of hydrogen-bond acceptors (Lipinski definition) is 2. The second-order valence-corrected chi connectivity index (χ2v) is 3.79. The molecule has 0 aliphatic heterocycles. The van der Waals surface area contributed by atoms with Gasteiger partial charge < -0.3 is 10.2 Å². The first-order valence-corrected chi connectivity index (χ1v) is 5.13. The Morgan fingerprint density at radius 1 is 1.12 bits per heavy atom. The van der Waals surface area contributed by atoms with Crippen LogP contribution in [0.1, 0.15) is 11.7 Å². The normalized spacial score (nSPS) is 14.5. The van der Waals surface area contributed by atoms with E-state index in [4.69, 9.17) is 5.11 Å². The zero-order valence-electron chi connectivity index (χ0n) is 8.88. The topological polar surface area (TPSA) is 57.5 Å². The van der Waals surface area contributed by atoms with Gasteiger partial charge in [-0.3, -0.25) is 0 Å². The maximum absolute atomic E-state index is 13.2. The van der Waals surface area contributed by atoms with Crippen LogP contribution in [0, 0.1) is 0 Å². The first kappa shape index (κ1) is 11.5. The van der Waals surface area contributed by atoms with Gasteiger partial charge in [0.25, 0.3) is 0 Å². The van der Waals surface area contributed by atoms with Gasteiger partial charge in [0.15, 0.2) is 0 Å². The zero-order valence-corrected chi connectivity index (χ0v) is 8.88. The third kappa shape index (κ3) is 2.26. The molecule has 2 rings (SSSR count). The summed E-state index contributed by atoms with van der Waals surface area (Å²) in [5, 5.41) is 19.8. The van der Waals surface area contributed by atoms with Crippen LogP contribution in [0.15, 0.2) is 42.5 Å². The van der Waals surface area contributed by atoms with Crippen molar-refractivity contribution in [2.75, 3.05) is 0 Å². The van der Waals surface area contributed by atoms with Gasteiger partial charge in [-0.2, -0.15) is 0 Å². The van der Waals surface area contributed by atoms with Gasteiger partial charge in [-0.05, 0) is 22.4 Å². The van der Waals surface area contributed by atoms with Gasteiger partial charge in [0, 0.05) is 0 Å². The Morgan fingerprint density at radius 2 is 1.76 bits per heavy atom. The maximum Gasteiger partial charge on any atom is 0.341 e. The van der Waals surface area contributed by atoms with Crippen LogP contribution in [0.2, 0.25) is 0 Å². The number of aliphatic carboxylic acids is 1. The summed E-state index contributed by atoms with van der Waals surface area (Å²) >= 11 is 0. The number of aliphatic hydroxyl groups is 1. The second kappa shape index (κ2) is 4.51. The molecule has 0 radical (unpaired) electrons. The third-order valence-electron chi connectivity index (χ3n) is 2.63. The third-order valence-corrected chi connectivity index (χ3v) is 2.63. The number of rotatable bonds is 3. The standard InChI is InChI=1S/C13H11FO3/c14-11(13(16)17)12(15)10-6-5-8-3-1-2-4-9(8)7-10/h1-7,11-12,15H,(H,16,17). The molecule has 17 heavy (non-hydrogen) atoms. The summed E-state index contributed by atoms with van der Waals surface area (Å²) in [6.07, 6.45) is -3.95. The molecule has 4 heteroatoms. The largest absolute Gasteiger partial charge is 0.479 e. The van der Waals surface area contributed by atoms with Crippen LogP contribution >= 0.6 is 0 Å². The molecule has 0 bridgehead atoms. The van der Waals surface area contributed by atoms with E-state index in [1.807, 2.05) is 24.3 Å². The van der Waals surface area contributed by atoms with Gasteiger partial charge in [0.1, 0.15) is 6.10 Å². The predicted octanol–water partition coefficient (Wildman–Crippen LogP) is 2.30. The van der Waals surface area contributed by atoms with Gasteiger partial charge in [-0.15, -0.1) is 0 Å². The van der Waals surface area contributed by atoms with Crippen molar-refractivity contribution in [3.8, 4) is 0 Å². The predicted molar refractivity (Wildman–Crippen MR) is 61.4 cm³/mol. The lowest BCUT2D eigenvalue weighted by molar-refractivity contribution is -0.147. The minimum atomic E-state index is -2.31. The first-order chi connectivity index (χ1) is 8.09. The van der Waals surface area contributed by atoms with Gasteiger partial charge in [-0.1, -0.05) is 36.4 Å². The van der Waals surface area contributed by atoms with Gasteiger partial charge in [0.05, 0.1) is 0 Å². The van der Waals surface area contributed by atoms with Gasteiger partial charge >= 0.3 is 5.97 Å². The van der Waals surface area contributed by atoms with Crippen LogP contribution in [0.25, 0.3) is 10.8 Å². The fourth-order valence-electron chi connectivity index (χ4n) is 1.70. The van der Waals surface area contributed by atoms with Crippen molar-refractivity contribution in [1.29, 1.82) is 0 Å². The molecular weight excluding hydrogens is 223 g/mol. The molecule has 2 aromatic rings. The Bertz CT molecular complexity index is 553. The molecule has 0 aromatic heterocycles. The molecule has 88 valence electrons. The Kier molecular flexibility index (Phi) is 3.06. The highest BCUT2D eigenvalue weighted by molar-refractivity contribution is 5.83. The van der Waals surface area contributed by atoms with Crippen molar-refractivity contribution < 1.29 is 19.4 Å². The Labute approximate surface area is 97.1 Å². The summed E-state index contributed by atoms with van der Waals surface area (Å²) in [4.78, 5) is 10.4. The van der Waals surface area contributed by atoms with E-state index < -0.39 is 18.2 Å². The van der Waals surface area contributed by atoms with E-state index >= 15 is 0 Å². The summed E-state index contributed by atoms with van der Waals surface area (Å²) in [6.45, 7) is 0. The molecule has 0 saturated carbocycles. The molecule has 0 saturated heterocycles. The molecule has 2 atom stereocenters. The van der Waals surface area contributed by atoms with E-state index in [1.165, 1.54) is 6.07 Å². The minimum Gasteiger partial charge on any atom is -0.479 e. The van der Waals surface area contributed by atoms with Gasteiger partial charge in [0.2, 0.25) is 6.17 Å². The smallest absolute Gasteiger partial charge is 0.341 e. The average Bonchev–Trinajstić information content (AvgIpc) is 2.36. The van der Waals surface area contributed by atoms with Crippen molar-refractivity contribution in [1.82, 2.24) is 0 Å². The molecule has 3 nitrogen and oxygen atoms in total. The Morgan fingerprint density at radius 3 is 2.41 bits per heavy atom. The molecular formula is C13H11FO3. The summed E-state index contributed by atoms with van der Waals surface area (Å²) in [5.41, 5.74) is 0.263. The molecule has 2 unspecified atom stereocenters. The van der Waals surface area contributed by atoms with Crippen LogP contribution in [-0.4, -0.2) is 22.4 Å². The maximum atomic E-state index is 13.2. The van der Waals surface area contributed by atoms with E-state index in [0.717, 1.165) is 10.8 Å². The number of hydrogen-bond donors (Lipinski definition) is 2. The van der Waals surface area contributed by atoms with E-state index in [2.05, 4.69) is 0 Å². The number of aliphatic hydroxyl groups excluding tert-OH is 1.